The van der Waals surface area contributed by atoms with Crippen molar-refractivity contribution in [2.24, 2.45) is 0 Å². The van der Waals surface area contributed by atoms with Crippen molar-refractivity contribution >= 4 is 14.0 Å². The molecule has 1 heterocycles. The lowest BCUT2D eigenvalue weighted by Gasteiger charge is -2.37. The lowest BCUT2D eigenvalue weighted by molar-refractivity contribution is -0.149. The van der Waals surface area contributed by atoms with Gasteiger partial charge in [0.2, 0.25) is 0 Å². The van der Waals surface area contributed by atoms with E-state index in [1.54, 1.807) is 19.1 Å². The SMILES string of the molecule is CCC(C(=O)O)([P+](=O)OC)C(C)(O)c1c(C(C)C)nc(-c2ccccc2)c(C)c1-c1ccc(F)cc1. The molecule has 36 heavy (non-hydrogen) atoms. The van der Waals surface area contributed by atoms with E-state index in [2.05, 4.69) is 0 Å². The summed E-state index contributed by atoms with van der Waals surface area (Å²) in [5, 5.41) is 20.4. The first kappa shape index (κ1) is 27.6. The molecule has 0 saturated heterocycles. The van der Waals surface area contributed by atoms with Gasteiger partial charge in [0, 0.05) is 17.5 Å². The highest BCUT2D eigenvalue weighted by Gasteiger charge is 2.70. The van der Waals surface area contributed by atoms with E-state index < -0.39 is 30.6 Å². The normalized spacial score (nSPS) is 15.3. The largest absolute Gasteiger partial charge is 0.529 e. The number of hydrogen-bond acceptors (Lipinski definition) is 5. The first-order valence-corrected chi connectivity index (χ1v) is 12.9. The number of aromatic nitrogens is 1. The van der Waals surface area contributed by atoms with Crippen LogP contribution in [0.25, 0.3) is 22.4 Å². The highest BCUT2D eigenvalue weighted by atomic mass is 31.1. The maximum absolute atomic E-state index is 13.9. The summed E-state index contributed by atoms with van der Waals surface area (Å²) in [4.78, 5) is 17.7. The summed E-state index contributed by atoms with van der Waals surface area (Å²) in [5.74, 6) is -2.11. The topological polar surface area (TPSA) is 96.7 Å². The van der Waals surface area contributed by atoms with Crippen molar-refractivity contribution in [1.82, 2.24) is 4.98 Å². The third-order valence-corrected chi connectivity index (χ3v) is 8.73. The van der Waals surface area contributed by atoms with Crippen LogP contribution in [0.2, 0.25) is 0 Å². The van der Waals surface area contributed by atoms with Crippen molar-refractivity contribution in [2.75, 3.05) is 7.11 Å². The molecule has 0 radical (unpaired) electrons. The molecule has 0 amide bonds. The lowest BCUT2D eigenvalue weighted by atomic mass is 9.73. The maximum Gasteiger partial charge on any atom is 0.529 e. The first-order valence-electron chi connectivity index (χ1n) is 11.8. The molecule has 0 spiro atoms. The summed E-state index contributed by atoms with van der Waals surface area (Å²) in [6.07, 6.45) is -0.168. The predicted octanol–water partition coefficient (Wildman–Crippen LogP) is 6.82. The average molecular weight is 513 g/mol. The predicted molar refractivity (Wildman–Crippen MR) is 139 cm³/mol. The second-order valence-electron chi connectivity index (χ2n) is 9.28. The lowest BCUT2D eigenvalue weighted by Crippen LogP contribution is -2.53. The van der Waals surface area contributed by atoms with Crippen LogP contribution in [0.1, 0.15) is 56.9 Å². The van der Waals surface area contributed by atoms with Gasteiger partial charge in [-0.25, -0.2) is 9.18 Å². The van der Waals surface area contributed by atoms with Gasteiger partial charge in [-0.05, 0) is 53.2 Å². The number of carbonyl (C=O) groups is 1. The van der Waals surface area contributed by atoms with Crippen LogP contribution in [-0.4, -0.2) is 33.4 Å². The quantitative estimate of drug-likeness (QED) is 0.306. The van der Waals surface area contributed by atoms with Crippen molar-refractivity contribution in [3.05, 3.63) is 77.2 Å². The molecular weight excluding hydrogens is 480 g/mol. The molecule has 3 atom stereocenters. The number of carboxylic acid groups (broad SMARTS) is 1. The molecule has 2 aromatic carbocycles. The second kappa shape index (κ2) is 10.6. The minimum absolute atomic E-state index is 0.168. The molecule has 0 aliphatic rings. The number of aliphatic hydroxyl groups is 1. The standard InChI is InChI=1S/C28H31FNO5P/c1-7-28(26(31)32,36(34)35-6)27(5,33)23-22(19-13-15-21(29)16-14-19)18(4)25(30-24(23)17(2)3)20-11-9-8-10-12-20/h8-17,33H,7H2,1-6H3/p+1. The van der Waals surface area contributed by atoms with Crippen LogP contribution < -0.4 is 0 Å². The highest BCUT2D eigenvalue weighted by molar-refractivity contribution is 7.42. The molecule has 0 aliphatic carbocycles. The van der Waals surface area contributed by atoms with Crippen molar-refractivity contribution < 1.29 is 28.5 Å². The van der Waals surface area contributed by atoms with E-state index >= 15 is 0 Å². The van der Waals surface area contributed by atoms with Gasteiger partial charge in [-0.3, -0.25) is 4.98 Å². The zero-order chi connectivity index (χ0) is 26.8. The molecule has 0 saturated carbocycles. The molecule has 0 fully saturated rings. The van der Waals surface area contributed by atoms with Gasteiger partial charge in [0.15, 0.2) is 5.60 Å². The van der Waals surface area contributed by atoms with Crippen LogP contribution in [0.5, 0.6) is 0 Å². The van der Waals surface area contributed by atoms with Crippen molar-refractivity contribution in [2.45, 2.75) is 57.7 Å². The van der Waals surface area contributed by atoms with Crippen LogP contribution in [0.4, 0.5) is 4.39 Å². The monoisotopic (exact) mass is 512 g/mol. The Balaban J connectivity index is 2.57. The molecule has 0 bridgehead atoms. The Bertz CT molecular complexity index is 1280. The van der Waals surface area contributed by atoms with Gasteiger partial charge in [-0.15, -0.1) is 4.52 Å². The van der Waals surface area contributed by atoms with Gasteiger partial charge in [0.25, 0.3) is 0 Å². The number of aliphatic carboxylic acids is 1. The summed E-state index contributed by atoms with van der Waals surface area (Å²) < 4.78 is 32.1. The number of benzene rings is 2. The molecule has 3 unspecified atom stereocenters. The summed E-state index contributed by atoms with van der Waals surface area (Å²) in [5.41, 5.74) is 1.81. The number of halogens is 1. The summed E-state index contributed by atoms with van der Waals surface area (Å²) in [7, 11) is -1.68. The highest BCUT2D eigenvalue weighted by Crippen LogP contribution is 2.56. The Morgan fingerprint density at radius 1 is 1.11 bits per heavy atom. The van der Waals surface area contributed by atoms with Gasteiger partial charge in [-0.2, -0.15) is 0 Å². The molecule has 1 aromatic heterocycles. The van der Waals surface area contributed by atoms with Crippen LogP contribution in [0.15, 0.2) is 54.6 Å². The Morgan fingerprint density at radius 3 is 2.17 bits per heavy atom. The van der Waals surface area contributed by atoms with Crippen molar-refractivity contribution in [1.29, 1.82) is 0 Å². The number of carboxylic acids is 1. The van der Waals surface area contributed by atoms with Gasteiger partial charge in [0.05, 0.1) is 18.5 Å². The Hall–Kier alpha value is -2.99. The van der Waals surface area contributed by atoms with Crippen LogP contribution in [0, 0.1) is 12.7 Å². The van der Waals surface area contributed by atoms with E-state index in [0.29, 0.717) is 28.1 Å². The van der Waals surface area contributed by atoms with Crippen LogP contribution >= 0.6 is 8.03 Å². The second-order valence-corrected chi connectivity index (χ2v) is 10.9. The Kier molecular flexibility index (Phi) is 8.09. The summed E-state index contributed by atoms with van der Waals surface area (Å²) in [6.45, 7) is 8.54. The van der Waals surface area contributed by atoms with Crippen LogP contribution in [-0.2, 0) is 19.5 Å². The van der Waals surface area contributed by atoms with E-state index in [1.165, 1.54) is 19.1 Å². The van der Waals surface area contributed by atoms with Gasteiger partial charge in [-0.1, -0.05) is 63.2 Å². The van der Waals surface area contributed by atoms with Gasteiger partial charge in [0.1, 0.15) is 5.82 Å². The fraction of sp³-hybridized carbons (Fsp3) is 0.357. The smallest absolute Gasteiger partial charge is 0.477 e. The van der Waals surface area contributed by atoms with E-state index in [-0.39, 0.29) is 17.9 Å². The molecule has 190 valence electrons. The minimum atomic E-state index is -2.84. The average Bonchev–Trinajstić information content (AvgIpc) is 2.84. The van der Waals surface area contributed by atoms with E-state index in [4.69, 9.17) is 9.51 Å². The fourth-order valence-corrected chi connectivity index (χ4v) is 6.10. The van der Waals surface area contributed by atoms with E-state index in [1.807, 2.05) is 51.1 Å². The third-order valence-electron chi connectivity index (χ3n) is 6.83. The molecule has 3 rings (SSSR count). The molecule has 0 aliphatic heterocycles. The maximum atomic E-state index is 13.9. The van der Waals surface area contributed by atoms with Crippen molar-refractivity contribution in [3.8, 4) is 22.4 Å². The Labute approximate surface area is 212 Å². The number of hydrogen-bond donors (Lipinski definition) is 2. The third kappa shape index (κ3) is 4.47. The zero-order valence-electron chi connectivity index (χ0n) is 21.4. The number of nitrogens with zero attached hydrogens (tertiary/aromatic N) is 1. The number of pyridine rings is 1. The van der Waals surface area contributed by atoms with Crippen LogP contribution in [0.3, 0.4) is 0 Å². The van der Waals surface area contributed by atoms with E-state index in [9.17, 15) is 24.0 Å². The molecule has 3 aromatic rings. The fourth-order valence-electron chi connectivity index (χ4n) is 4.91. The molecule has 6 nitrogen and oxygen atoms in total. The number of rotatable bonds is 9. The zero-order valence-corrected chi connectivity index (χ0v) is 22.3. The summed E-state index contributed by atoms with van der Waals surface area (Å²) in [6, 6.07) is 15.3. The molecular formula is C28H32FNO5P+. The summed E-state index contributed by atoms with van der Waals surface area (Å²) >= 11 is 0. The molecule has 8 heteroatoms. The first-order chi connectivity index (χ1) is 16.9. The van der Waals surface area contributed by atoms with Gasteiger partial charge >= 0.3 is 19.2 Å². The van der Waals surface area contributed by atoms with Gasteiger partial charge < -0.3 is 10.2 Å². The van der Waals surface area contributed by atoms with Crippen molar-refractivity contribution in [3.63, 3.8) is 0 Å². The molecule has 2 N–H and O–H groups in total. The Morgan fingerprint density at radius 2 is 1.69 bits per heavy atom. The van der Waals surface area contributed by atoms with E-state index in [0.717, 1.165) is 12.7 Å². The minimum Gasteiger partial charge on any atom is -0.477 e.